The highest BCUT2D eigenvalue weighted by molar-refractivity contribution is 5.44. The van der Waals surface area contributed by atoms with Gasteiger partial charge in [0.1, 0.15) is 0 Å². The maximum absolute atomic E-state index is 2.72. The molecule has 0 radical (unpaired) electrons. The van der Waals surface area contributed by atoms with Crippen LogP contribution < -0.4 is 0 Å². The first-order valence-corrected chi connectivity index (χ1v) is 9.00. The van der Waals surface area contributed by atoms with Crippen LogP contribution in [0.25, 0.3) is 0 Å². The van der Waals surface area contributed by atoms with E-state index in [4.69, 9.17) is 0 Å². The standard InChI is InChI=1S/C21H39N/c1-13(2)18-16(7)17(8)20(9,10)21(11,12)22(15(5)6)19(18)14(3)4/h13-15H,1-12H3. The van der Waals surface area contributed by atoms with E-state index in [9.17, 15) is 0 Å². The Labute approximate surface area is 139 Å². The second kappa shape index (κ2) is 6.06. The summed E-state index contributed by atoms with van der Waals surface area (Å²) >= 11 is 0. The molecule has 0 atom stereocenters. The Bertz CT molecular complexity index is 484. The van der Waals surface area contributed by atoms with E-state index in [0.29, 0.717) is 17.9 Å². The summed E-state index contributed by atoms with van der Waals surface area (Å²) in [6, 6.07) is 0.499. The summed E-state index contributed by atoms with van der Waals surface area (Å²) in [6.07, 6.45) is 0. The monoisotopic (exact) mass is 305 g/mol. The lowest BCUT2D eigenvalue weighted by Crippen LogP contribution is -2.56. The predicted molar refractivity (Wildman–Crippen MR) is 99.9 cm³/mol. The van der Waals surface area contributed by atoms with E-state index in [1.54, 1.807) is 16.8 Å². The number of hydrogen-bond acceptors (Lipinski definition) is 1. The molecule has 0 amide bonds. The van der Waals surface area contributed by atoms with E-state index in [0.717, 1.165) is 0 Å². The van der Waals surface area contributed by atoms with E-state index in [1.165, 1.54) is 5.57 Å². The van der Waals surface area contributed by atoms with Crippen molar-refractivity contribution in [3.05, 3.63) is 22.4 Å². The van der Waals surface area contributed by atoms with Crippen molar-refractivity contribution in [2.75, 3.05) is 0 Å². The minimum absolute atomic E-state index is 0.0861. The molecule has 0 saturated carbocycles. The third-order valence-corrected chi connectivity index (χ3v) is 6.21. The molecule has 0 aromatic heterocycles. The molecule has 1 heterocycles. The van der Waals surface area contributed by atoms with Crippen molar-refractivity contribution in [3.8, 4) is 0 Å². The molecule has 0 aromatic rings. The third kappa shape index (κ3) is 2.76. The number of allylic oxidation sites excluding steroid dienone is 3. The van der Waals surface area contributed by atoms with Crippen LogP contribution in [0.2, 0.25) is 0 Å². The Balaban J connectivity index is 3.91. The Hall–Kier alpha value is -0.720. The maximum atomic E-state index is 2.72. The van der Waals surface area contributed by atoms with Crippen molar-refractivity contribution in [1.29, 1.82) is 0 Å². The average molecular weight is 306 g/mol. The van der Waals surface area contributed by atoms with Crippen molar-refractivity contribution in [1.82, 2.24) is 4.90 Å². The summed E-state index contributed by atoms with van der Waals surface area (Å²) in [5, 5.41) is 0. The van der Waals surface area contributed by atoms with Crippen LogP contribution in [0.1, 0.15) is 83.1 Å². The molecular formula is C21H39N. The van der Waals surface area contributed by atoms with Gasteiger partial charge in [-0.05, 0) is 64.5 Å². The molecule has 22 heavy (non-hydrogen) atoms. The van der Waals surface area contributed by atoms with Gasteiger partial charge in [0.2, 0.25) is 0 Å². The molecule has 0 aromatic carbocycles. The lowest BCUT2D eigenvalue weighted by molar-refractivity contribution is 0.0315. The van der Waals surface area contributed by atoms with Gasteiger partial charge in [-0.2, -0.15) is 0 Å². The van der Waals surface area contributed by atoms with Crippen LogP contribution in [-0.2, 0) is 0 Å². The molecule has 0 N–H and O–H groups in total. The molecule has 0 saturated heterocycles. The molecule has 1 aliphatic heterocycles. The smallest absolute Gasteiger partial charge is 0.0434 e. The number of rotatable bonds is 3. The Morgan fingerprint density at radius 3 is 1.55 bits per heavy atom. The molecule has 1 rings (SSSR count). The zero-order chi connectivity index (χ0) is 17.6. The van der Waals surface area contributed by atoms with Gasteiger partial charge in [-0.3, -0.25) is 0 Å². The number of hydrogen-bond donors (Lipinski definition) is 0. The van der Waals surface area contributed by atoms with E-state index in [2.05, 4.69) is 88.0 Å². The second-order valence-corrected chi connectivity index (χ2v) is 9.01. The summed E-state index contributed by atoms with van der Waals surface area (Å²) in [7, 11) is 0. The van der Waals surface area contributed by atoms with Crippen LogP contribution in [0, 0.1) is 17.3 Å². The third-order valence-electron chi connectivity index (χ3n) is 6.21. The molecular weight excluding hydrogens is 266 g/mol. The fraction of sp³-hybridized carbons (Fsp3) is 0.810. The first-order chi connectivity index (χ1) is 9.78. The molecule has 1 aliphatic rings. The minimum atomic E-state index is 0.0861. The van der Waals surface area contributed by atoms with Crippen molar-refractivity contribution in [3.63, 3.8) is 0 Å². The largest absolute Gasteiger partial charge is 0.366 e. The topological polar surface area (TPSA) is 3.24 Å². The van der Waals surface area contributed by atoms with Gasteiger partial charge >= 0.3 is 0 Å². The Morgan fingerprint density at radius 1 is 0.773 bits per heavy atom. The molecule has 0 spiro atoms. The van der Waals surface area contributed by atoms with Crippen molar-refractivity contribution in [2.45, 2.75) is 94.7 Å². The summed E-state index contributed by atoms with van der Waals surface area (Å²) in [6.45, 7) is 28.5. The summed E-state index contributed by atoms with van der Waals surface area (Å²) in [5.41, 5.74) is 6.40. The van der Waals surface area contributed by atoms with Gasteiger partial charge in [0, 0.05) is 22.7 Å². The number of nitrogens with zero attached hydrogens (tertiary/aromatic N) is 1. The maximum Gasteiger partial charge on any atom is 0.0434 e. The average Bonchev–Trinajstić information content (AvgIpc) is 2.38. The van der Waals surface area contributed by atoms with Crippen LogP contribution in [0.3, 0.4) is 0 Å². The fourth-order valence-corrected chi connectivity index (χ4v) is 4.30. The minimum Gasteiger partial charge on any atom is -0.366 e. The lowest BCUT2D eigenvalue weighted by atomic mass is 9.67. The van der Waals surface area contributed by atoms with Gasteiger partial charge in [-0.1, -0.05) is 47.1 Å². The van der Waals surface area contributed by atoms with Crippen LogP contribution in [0.4, 0.5) is 0 Å². The van der Waals surface area contributed by atoms with E-state index < -0.39 is 0 Å². The molecule has 0 unspecified atom stereocenters. The van der Waals surface area contributed by atoms with Crippen LogP contribution in [-0.4, -0.2) is 16.5 Å². The molecule has 1 heteroatoms. The molecule has 128 valence electrons. The van der Waals surface area contributed by atoms with Crippen molar-refractivity contribution >= 4 is 0 Å². The second-order valence-electron chi connectivity index (χ2n) is 9.01. The van der Waals surface area contributed by atoms with Gasteiger partial charge in [0.05, 0.1) is 0 Å². The Morgan fingerprint density at radius 2 is 1.23 bits per heavy atom. The zero-order valence-corrected chi connectivity index (χ0v) is 17.2. The van der Waals surface area contributed by atoms with Gasteiger partial charge in [0.15, 0.2) is 0 Å². The van der Waals surface area contributed by atoms with Crippen molar-refractivity contribution < 1.29 is 0 Å². The van der Waals surface area contributed by atoms with Gasteiger partial charge < -0.3 is 4.90 Å². The van der Waals surface area contributed by atoms with E-state index in [1.807, 2.05) is 0 Å². The SMILES string of the molecule is CC1=C(C)C(C)(C)C(C)(C)N(C(C)C)C(C(C)C)=C1C(C)C. The van der Waals surface area contributed by atoms with Gasteiger partial charge in [-0.15, -0.1) is 0 Å². The summed E-state index contributed by atoms with van der Waals surface area (Å²) < 4.78 is 0. The molecule has 0 aliphatic carbocycles. The summed E-state index contributed by atoms with van der Waals surface area (Å²) in [4.78, 5) is 2.72. The van der Waals surface area contributed by atoms with Crippen molar-refractivity contribution in [2.24, 2.45) is 17.3 Å². The zero-order valence-electron chi connectivity index (χ0n) is 17.2. The van der Waals surface area contributed by atoms with E-state index in [-0.39, 0.29) is 11.0 Å². The fourth-order valence-electron chi connectivity index (χ4n) is 4.30. The van der Waals surface area contributed by atoms with Gasteiger partial charge in [-0.25, -0.2) is 0 Å². The molecule has 1 nitrogen and oxygen atoms in total. The lowest BCUT2D eigenvalue weighted by Gasteiger charge is -2.54. The normalized spacial score (nSPS) is 22.2. The van der Waals surface area contributed by atoms with Crippen LogP contribution >= 0.6 is 0 Å². The predicted octanol–water partition coefficient (Wildman–Crippen LogP) is 6.42. The highest BCUT2D eigenvalue weighted by Gasteiger charge is 2.48. The van der Waals surface area contributed by atoms with Gasteiger partial charge in [0.25, 0.3) is 0 Å². The first-order valence-electron chi connectivity index (χ1n) is 9.00. The highest BCUT2D eigenvalue weighted by atomic mass is 15.2. The van der Waals surface area contributed by atoms with E-state index >= 15 is 0 Å². The van der Waals surface area contributed by atoms with Crippen LogP contribution in [0.5, 0.6) is 0 Å². The van der Waals surface area contributed by atoms with Crippen LogP contribution in [0.15, 0.2) is 22.4 Å². The Kier molecular flexibility index (Phi) is 5.32. The highest BCUT2D eigenvalue weighted by Crippen LogP contribution is 2.51. The molecule has 0 bridgehead atoms. The molecule has 0 fully saturated rings. The quantitative estimate of drug-likeness (QED) is 0.581. The first kappa shape index (κ1) is 19.3. The summed E-state index contributed by atoms with van der Waals surface area (Å²) in [5.74, 6) is 1.09.